The molecule has 1 aliphatic heterocycles. The molecule has 11 nitrogen and oxygen atoms in total. The van der Waals surface area contributed by atoms with Gasteiger partial charge in [-0.3, -0.25) is 4.79 Å². The number of urea groups is 1. The van der Waals surface area contributed by atoms with Crippen LogP contribution in [-0.4, -0.2) is 84.4 Å². The van der Waals surface area contributed by atoms with Gasteiger partial charge in [-0.05, 0) is 93.3 Å². The minimum atomic E-state index is -0.956. The van der Waals surface area contributed by atoms with Crippen molar-refractivity contribution in [1.82, 2.24) is 4.90 Å². The summed E-state index contributed by atoms with van der Waals surface area (Å²) in [6, 6.07) is 17.3. The van der Waals surface area contributed by atoms with Gasteiger partial charge < -0.3 is 39.8 Å². The number of esters is 1. The molecule has 1 unspecified atom stereocenters. The smallest absolute Gasteiger partial charge is 0.338 e. The lowest BCUT2D eigenvalue weighted by Crippen LogP contribution is -2.64. The third-order valence-corrected chi connectivity index (χ3v) is 8.80. The summed E-state index contributed by atoms with van der Waals surface area (Å²) in [5, 5.41) is 12.8. The number of carbonyl (C=O) groups excluding carboxylic acids is 3. The van der Waals surface area contributed by atoms with Gasteiger partial charge in [-0.1, -0.05) is 19.1 Å². The van der Waals surface area contributed by atoms with Crippen molar-refractivity contribution in [2.75, 3.05) is 39.2 Å². The molecule has 1 heterocycles. The van der Waals surface area contributed by atoms with Crippen LogP contribution in [0.5, 0.6) is 17.2 Å². The number of nitrogens with one attached hydrogen (secondary N) is 1. The molecule has 1 fully saturated rings. The van der Waals surface area contributed by atoms with Crippen LogP contribution in [-0.2, 0) is 22.5 Å². The number of phenols is 1. The fourth-order valence-electron chi connectivity index (χ4n) is 6.70. The van der Waals surface area contributed by atoms with E-state index >= 15 is 0 Å². The van der Waals surface area contributed by atoms with Crippen molar-refractivity contribution in [3.63, 3.8) is 0 Å². The first-order valence-electron chi connectivity index (χ1n) is 16.5. The molecule has 0 aromatic heterocycles. The van der Waals surface area contributed by atoms with E-state index in [1.165, 1.54) is 0 Å². The number of hydrogen-bond donors (Lipinski definition) is 3. The van der Waals surface area contributed by atoms with E-state index in [-0.39, 0.29) is 24.3 Å². The number of nitrogens with zero attached hydrogens (tertiary/aromatic N) is 2. The lowest BCUT2D eigenvalue weighted by atomic mass is 9.95. The zero-order chi connectivity index (χ0) is 34.8. The van der Waals surface area contributed by atoms with Crippen molar-refractivity contribution in [3.05, 3.63) is 83.4 Å². The maximum absolute atomic E-state index is 14.3. The van der Waals surface area contributed by atoms with Crippen LogP contribution in [0.3, 0.4) is 0 Å². The van der Waals surface area contributed by atoms with Gasteiger partial charge >= 0.3 is 12.0 Å². The molecule has 258 valence electrons. The number of piperidine rings is 1. The SMILES string of the molecule is CCC[N+]1(Cc2ccc(OC)c(OC)c2)CCC[C@@H](N(C(=O)Nc2ccc(C(=O)OC(C)C)cc2)[C@@H](Cc2ccc(O)cc2)C(N)=O)C1. The van der Waals surface area contributed by atoms with E-state index < -0.39 is 23.9 Å². The Bertz CT molecular complexity index is 1540. The van der Waals surface area contributed by atoms with Gasteiger partial charge in [0.2, 0.25) is 5.91 Å². The molecule has 11 heteroatoms. The average Bonchev–Trinajstić information content (AvgIpc) is 3.05. The predicted octanol–water partition coefficient (Wildman–Crippen LogP) is 5.49. The van der Waals surface area contributed by atoms with Crippen molar-refractivity contribution in [3.8, 4) is 17.2 Å². The van der Waals surface area contributed by atoms with Crippen LogP contribution in [0, 0.1) is 0 Å². The maximum Gasteiger partial charge on any atom is 0.338 e. The Balaban J connectivity index is 1.67. The summed E-state index contributed by atoms with van der Waals surface area (Å²) >= 11 is 0. The highest BCUT2D eigenvalue weighted by Gasteiger charge is 2.43. The maximum atomic E-state index is 14.3. The first kappa shape index (κ1) is 36.1. The first-order valence-corrected chi connectivity index (χ1v) is 16.5. The normalized spacial score (nSPS) is 18.1. The summed E-state index contributed by atoms with van der Waals surface area (Å²) in [4.78, 5) is 41.5. The Morgan fingerprint density at radius 2 is 1.65 bits per heavy atom. The summed E-state index contributed by atoms with van der Waals surface area (Å²) in [6.45, 7) is 8.85. The summed E-state index contributed by atoms with van der Waals surface area (Å²) in [5.74, 6) is 0.350. The minimum absolute atomic E-state index is 0.105. The molecule has 0 saturated carbocycles. The van der Waals surface area contributed by atoms with Crippen LogP contribution in [0.25, 0.3) is 0 Å². The number of nitrogens with two attached hydrogens (primary N) is 1. The number of phenolic OH excluding ortho intramolecular Hbond substituents is 1. The number of anilines is 1. The molecule has 4 N–H and O–H groups in total. The van der Waals surface area contributed by atoms with Gasteiger partial charge in [0, 0.05) is 17.7 Å². The summed E-state index contributed by atoms with van der Waals surface area (Å²) in [5.41, 5.74) is 8.75. The standard InChI is InChI=1S/C37H48N4O7/c1-6-19-41(23-27-11-18-33(46-4)34(22-27)47-5)20-7-8-30(24-41)40(32(35(38)43)21-26-9-16-31(42)17-10-26)37(45)39-29-14-12-28(13-15-29)36(44)48-25(2)3/h9-18,22,25,30,32H,6-8,19-21,23-24H2,1-5H3,(H3-,38,39,42,43,44,45)/p+1/t30-,32+,41?/m1/s1. The van der Waals surface area contributed by atoms with Gasteiger partial charge in [0.05, 0.1) is 51.6 Å². The Kier molecular flexibility index (Phi) is 12.3. The number of rotatable bonds is 14. The van der Waals surface area contributed by atoms with Gasteiger partial charge in [-0.25, -0.2) is 9.59 Å². The van der Waals surface area contributed by atoms with E-state index in [1.54, 1.807) is 81.5 Å². The number of primary amides is 1. The number of amides is 3. The number of benzene rings is 3. The Morgan fingerprint density at radius 1 is 0.979 bits per heavy atom. The molecule has 0 spiro atoms. The van der Waals surface area contributed by atoms with Crippen LogP contribution in [0.4, 0.5) is 10.5 Å². The molecule has 1 saturated heterocycles. The summed E-state index contributed by atoms with van der Waals surface area (Å²) < 4.78 is 17.0. The molecule has 0 radical (unpaired) electrons. The number of carbonyl (C=O) groups is 3. The number of quaternary nitrogens is 1. The van der Waals surface area contributed by atoms with Gasteiger partial charge in [-0.2, -0.15) is 0 Å². The van der Waals surface area contributed by atoms with Crippen molar-refractivity contribution in [1.29, 1.82) is 0 Å². The second-order valence-electron chi connectivity index (χ2n) is 12.8. The Hall–Kier alpha value is -4.77. The van der Waals surface area contributed by atoms with Gasteiger partial charge in [0.1, 0.15) is 18.3 Å². The molecular weight excluding hydrogens is 612 g/mol. The molecule has 1 aliphatic rings. The highest BCUT2D eigenvalue weighted by atomic mass is 16.5. The number of likely N-dealkylation sites (tertiary alicyclic amines) is 1. The van der Waals surface area contributed by atoms with E-state index in [0.29, 0.717) is 42.3 Å². The topological polar surface area (TPSA) is 140 Å². The molecule has 0 aliphatic carbocycles. The van der Waals surface area contributed by atoms with Crippen LogP contribution in [0.1, 0.15) is 61.5 Å². The molecule has 3 atom stereocenters. The lowest BCUT2D eigenvalue weighted by molar-refractivity contribution is -0.946. The first-order chi connectivity index (χ1) is 23.0. The largest absolute Gasteiger partial charge is 0.508 e. The second kappa shape index (κ2) is 16.4. The molecular formula is C37H49N4O7+. The van der Waals surface area contributed by atoms with E-state index in [4.69, 9.17) is 19.9 Å². The quantitative estimate of drug-likeness (QED) is 0.153. The molecule has 4 rings (SSSR count). The fraction of sp³-hybridized carbons (Fsp3) is 0.432. The third-order valence-electron chi connectivity index (χ3n) is 8.80. The number of ether oxygens (including phenoxy) is 3. The number of aromatic hydroxyl groups is 1. The Labute approximate surface area is 283 Å². The van der Waals surface area contributed by atoms with Gasteiger partial charge in [-0.15, -0.1) is 0 Å². The van der Waals surface area contributed by atoms with Crippen molar-refractivity contribution < 1.29 is 38.2 Å². The Morgan fingerprint density at radius 3 is 2.25 bits per heavy atom. The predicted molar refractivity (Wildman–Crippen MR) is 184 cm³/mol. The van der Waals surface area contributed by atoms with Crippen molar-refractivity contribution in [2.24, 2.45) is 5.73 Å². The second-order valence-corrected chi connectivity index (χ2v) is 12.8. The molecule has 3 aromatic carbocycles. The minimum Gasteiger partial charge on any atom is -0.508 e. The van der Waals surface area contributed by atoms with Crippen LogP contribution >= 0.6 is 0 Å². The van der Waals surface area contributed by atoms with Crippen molar-refractivity contribution in [2.45, 2.75) is 71.2 Å². The number of hydrogen-bond acceptors (Lipinski definition) is 7. The van der Waals surface area contributed by atoms with Crippen LogP contribution in [0.2, 0.25) is 0 Å². The zero-order valence-electron chi connectivity index (χ0n) is 28.6. The molecule has 0 bridgehead atoms. The highest BCUT2D eigenvalue weighted by Crippen LogP contribution is 2.33. The fourth-order valence-corrected chi connectivity index (χ4v) is 6.70. The van der Waals surface area contributed by atoms with E-state index in [1.807, 2.05) is 18.2 Å². The monoisotopic (exact) mass is 661 g/mol. The van der Waals surface area contributed by atoms with E-state index in [9.17, 15) is 19.5 Å². The van der Waals surface area contributed by atoms with E-state index in [0.717, 1.165) is 41.5 Å². The van der Waals surface area contributed by atoms with Crippen LogP contribution in [0.15, 0.2) is 66.7 Å². The summed E-state index contributed by atoms with van der Waals surface area (Å²) in [7, 11) is 3.23. The summed E-state index contributed by atoms with van der Waals surface area (Å²) in [6.07, 6.45) is 2.40. The number of methoxy groups -OCH3 is 2. The molecule has 48 heavy (non-hydrogen) atoms. The highest BCUT2D eigenvalue weighted by molar-refractivity contribution is 5.95. The average molecular weight is 662 g/mol. The lowest BCUT2D eigenvalue weighted by Gasteiger charge is -2.48. The van der Waals surface area contributed by atoms with Gasteiger partial charge in [0.25, 0.3) is 0 Å². The van der Waals surface area contributed by atoms with Crippen molar-refractivity contribution >= 4 is 23.6 Å². The third kappa shape index (κ3) is 9.19. The zero-order valence-corrected chi connectivity index (χ0v) is 28.6. The molecule has 3 aromatic rings. The van der Waals surface area contributed by atoms with Crippen LogP contribution < -0.4 is 20.5 Å². The van der Waals surface area contributed by atoms with Gasteiger partial charge in [0.15, 0.2) is 11.5 Å². The molecule has 3 amide bonds. The van der Waals surface area contributed by atoms with E-state index in [2.05, 4.69) is 12.2 Å².